The second-order valence-electron chi connectivity index (χ2n) is 14.9. The quantitative estimate of drug-likeness (QED) is 0.159. The van der Waals surface area contributed by atoms with Crippen molar-refractivity contribution in [3.05, 3.63) is 206 Å². The monoisotopic (exact) mass is 822 g/mol. The van der Waals surface area contributed by atoms with Gasteiger partial charge in [0.2, 0.25) is 0 Å². The zero-order valence-electron chi connectivity index (χ0n) is 32.2. The van der Waals surface area contributed by atoms with Crippen molar-refractivity contribution in [2.75, 3.05) is 9.80 Å². The highest BCUT2D eigenvalue weighted by atomic mass is 32.2. The van der Waals surface area contributed by atoms with Crippen LogP contribution in [0.1, 0.15) is 0 Å². The van der Waals surface area contributed by atoms with Gasteiger partial charge >= 0.3 is 0 Å². The van der Waals surface area contributed by atoms with E-state index in [0.29, 0.717) is 0 Å². The highest BCUT2D eigenvalue weighted by Gasteiger charge is 2.24. The van der Waals surface area contributed by atoms with E-state index in [4.69, 9.17) is 4.42 Å². The fraction of sp³-hybridized carbons (Fsp3) is 0. The number of furan rings is 1. The van der Waals surface area contributed by atoms with Crippen LogP contribution in [0, 0.1) is 0 Å². The average molecular weight is 823 g/mol. The van der Waals surface area contributed by atoms with Crippen molar-refractivity contribution in [2.45, 2.75) is 19.6 Å². The Morgan fingerprint density at radius 2 is 0.933 bits per heavy atom. The van der Waals surface area contributed by atoms with E-state index in [1.165, 1.54) is 39.8 Å². The maximum absolute atomic E-state index is 6.83. The summed E-state index contributed by atoms with van der Waals surface area (Å²) in [5, 5.41) is 4.77. The van der Waals surface area contributed by atoms with E-state index in [9.17, 15) is 0 Å². The van der Waals surface area contributed by atoms with Crippen molar-refractivity contribution in [1.29, 1.82) is 0 Å². The van der Waals surface area contributed by atoms with Crippen LogP contribution in [-0.2, 0) is 0 Å². The molecule has 0 aliphatic carbocycles. The summed E-state index contributed by atoms with van der Waals surface area (Å²) in [6.07, 6.45) is 0. The zero-order chi connectivity index (χ0) is 39.6. The lowest BCUT2D eigenvalue weighted by Crippen LogP contribution is -2.11. The molecule has 1 aliphatic rings. The summed E-state index contributed by atoms with van der Waals surface area (Å²) in [6, 6.07) is 74.4. The van der Waals surface area contributed by atoms with E-state index in [2.05, 4.69) is 210 Å². The molecule has 11 aromatic rings. The third-order valence-corrected chi connectivity index (χ3v) is 14.9. The largest absolute Gasteiger partial charge is 0.454 e. The minimum absolute atomic E-state index is 0.854. The molecule has 0 saturated heterocycles. The maximum atomic E-state index is 6.83. The third-order valence-electron chi connectivity index (χ3n) is 11.3. The highest BCUT2D eigenvalue weighted by molar-refractivity contribution is 8.05. The van der Waals surface area contributed by atoms with E-state index < -0.39 is 0 Å². The summed E-state index contributed by atoms with van der Waals surface area (Å²) in [5.74, 6) is 0. The molecule has 6 heteroatoms. The smallest absolute Gasteiger partial charge is 0.159 e. The Kier molecular flexibility index (Phi) is 8.54. The van der Waals surface area contributed by atoms with Gasteiger partial charge in [0, 0.05) is 79.0 Å². The number of nitrogens with zero attached hydrogens (tertiary/aromatic N) is 2. The second kappa shape index (κ2) is 14.5. The Hall–Kier alpha value is -6.70. The highest BCUT2D eigenvalue weighted by Crippen LogP contribution is 2.52. The van der Waals surface area contributed by atoms with Crippen molar-refractivity contribution in [2.24, 2.45) is 0 Å². The fourth-order valence-electron chi connectivity index (χ4n) is 8.50. The Morgan fingerprint density at radius 1 is 0.333 bits per heavy atom. The summed E-state index contributed by atoms with van der Waals surface area (Å²) < 4.78 is 9.41. The number of hydrogen-bond donors (Lipinski definition) is 0. The summed E-state index contributed by atoms with van der Waals surface area (Å²) in [4.78, 5) is 9.83. The minimum Gasteiger partial charge on any atom is -0.454 e. The van der Waals surface area contributed by atoms with Gasteiger partial charge in [0.15, 0.2) is 5.58 Å². The lowest BCUT2D eigenvalue weighted by molar-refractivity contribution is 0.669. The lowest BCUT2D eigenvalue weighted by atomic mass is 9.99. The molecule has 284 valence electrons. The van der Waals surface area contributed by atoms with Gasteiger partial charge in [0.1, 0.15) is 5.58 Å². The molecule has 0 bridgehead atoms. The molecule has 9 aromatic carbocycles. The van der Waals surface area contributed by atoms with Gasteiger partial charge in [-0.1, -0.05) is 127 Å². The summed E-state index contributed by atoms with van der Waals surface area (Å²) in [7, 11) is 0. The van der Waals surface area contributed by atoms with E-state index in [1.807, 2.05) is 40.9 Å². The fourth-order valence-corrected chi connectivity index (χ4v) is 11.9. The number of anilines is 6. The first-order valence-electron chi connectivity index (χ1n) is 20.0. The lowest BCUT2D eigenvalue weighted by Gasteiger charge is -2.28. The van der Waals surface area contributed by atoms with Gasteiger partial charge in [0.25, 0.3) is 0 Å². The van der Waals surface area contributed by atoms with E-state index in [-0.39, 0.29) is 0 Å². The van der Waals surface area contributed by atoms with Crippen LogP contribution < -0.4 is 9.80 Å². The van der Waals surface area contributed by atoms with Gasteiger partial charge in [-0.3, -0.25) is 0 Å². The summed E-state index contributed by atoms with van der Waals surface area (Å²) in [5.41, 5.74) is 10.4. The standard InChI is InChI=1S/C54H34N2OS3/c1-3-15-37(16-4-1)55(40-26-28-44-43-21-8-10-23-48(43)58-52(44)33-40)39-19-13-14-35(30-39)36-31-45-42-20-7-9-22-47(42)57-54(45)46(32-36)56(38-17-5-2-6-18-38)41-27-29-51-53(34-41)60-50-25-12-11-24-49(50)59-51/h1-34H. The van der Waals surface area contributed by atoms with Crippen LogP contribution in [-0.4, -0.2) is 0 Å². The SMILES string of the molecule is c1ccc(N(c2cccc(-c3cc(N(c4ccccc4)c4ccc5c(c4)Sc4ccccc4S5)c4oc5ccccc5c4c3)c2)c2ccc3c(c2)sc2ccccc23)cc1. The Morgan fingerprint density at radius 3 is 1.75 bits per heavy atom. The van der Waals surface area contributed by atoms with Crippen LogP contribution in [0.25, 0.3) is 53.2 Å². The van der Waals surface area contributed by atoms with E-state index in [0.717, 1.165) is 67.2 Å². The molecule has 3 nitrogen and oxygen atoms in total. The molecule has 0 saturated carbocycles. The number of benzene rings is 9. The number of rotatable bonds is 7. The molecule has 60 heavy (non-hydrogen) atoms. The van der Waals surface area contributed by atoms with Crippen molar-refractivity contribution in [3.8, 4) is 11.1 Å². The summed E-state index contributed by atoms with van der Waals surface area (Å²) in [6.45, 7) is 0. The van der Waals surface area contributed by atoms with E-state index >= 15 is 0 Å². The Balaban J connectivity index is 1.04. The zero-order valence-corrected chi connectivity index (χ0v) is 34.6. The Bertz CT molecular complexity index is 3410. The first kappa shape index (κ1) is 35.3. The van der Waals surface area contributed by atoms with Crippen molar-refractivity contribution < 1.29 is 4.42 Å². The minimum atomic E-state index is 0.854. The van der Waals surface area contributed by atoms with Gasteiger partial charge in [-0.2, -0.15) is 0 Å². The van der Waals surface area contributed by atoms with Crippen LogP contribution in [0.5, 0.6) is 0 Å². The molecule has 0 fully saturated rings. The first-order chi connectivity index (χ1) is 29.7. The summed E-state index contributed by atoms with van der Waals surface area (Å²) >= 11 is 5.53. The van der Waals surface area contributed by atoms with Crippen molar-refractivity contribution in [1.82, 2.24) is 0 Å². The van der Waals surface area contributed by atoms with Gasteiger partial charge in [0.05, 0.1) is 5.69 Å². The van der Waals surface area contributed by atoms with E-state index in [1.54, 1.807) is 0 Å². The first-order valence-corrected chi connectivity index (χ1v) is 22.4. The molecule has 0 amide bonds. The number of fused-ring (bicyclic) bond motifs is 8. The van der Waals surface area contributed by atoms with Crippen molar-refractivity contribution >= 4 is 111 Å². The van der Waals surface area contributed by atoms with Crippen LogP contribution in [0.15, 0.2) is 230 Å². The van der Waals surface area contributed by atoms with Gasteiger partial charge in [-0.15, -0.1) is 11.3 Å². The molecule has 2 aromatic heterocycles. The van der Waals surface area contributed by atoms with Crippen molar-refractivity contribution in [3.63, 3.8) is 0 Å². The normalized spacial score (nSPS) is 12.2. The Labute approximate surface area is 360 Å². The molecule has 12 rings (SSSR count). The molecule has 3 heterocycles. The average Bonchev–Trinajstić information content (AvgIpc) is 3.88. The van der Waals surface area contributed by atoms with Gasteiger partial charge in [-0.25, -0.2) is 0 Å². The predicted molar refractivity (Wildman–Crippen MR) is 256 cm³/mol. The molecule has 0 atom stereocenters. The molecule has 0 unspecified atom stereocenters. The van der Waals surface area contributed by atoms with Gasteiger partial charge in [-0.05, 0) is 114 Å². The number of thiophene rings is 1. The molecular weight excluding hydrogens is 789 g/mol. The predicted octanol–water partition coefficient (Wildman–Crippen LogP) is 17.2. The van der Waals surface area contributed by atoms with Crippen LogP contribution in [0.2, 0.25) is 0 Å². The molecule has 0 radical (unpaired) electrons. The third kappa shape index (κ3) is 6.06. The topological polar surface area (TPSA) is 19.6 Å². The second-order valence-corrected chi connectivity index (χ2v) is 18.2. The number of hydrogen-bond acceptors (Lipinski definition) is 6. The molecular formula is C54H34N2OS3. The maximum Gasteiger partial charge on any atom is 0.159 e. The molecule has 0 N–H and O–H groups in total. The van der Waals surface area contributed by atoms with Crippen LogP contribution >= 0.6 is 34.9 Å². The van der Waals surface area contributed by atoms with Crippen LogP contribution in [0.3, 0.4) is 0 Å². The molecule has 0 spiro atoms. The van der Waals surface area contributed by atoms with Crippen LogP contribution in [0.4, 0.5) is 34.1 Å². The number of para-hydroxylation sites is 3. The van der Waals surface area contributed by atoms with Gasteiger partial charge < -0.3 is 14.2 Å². The molecule has 1 aliphatic heterocycles.